The lowest BCUT2D eigenvalue weighted by molar-refractivity contribution is 0.0987. The molecule has 1 saturated carbocycles. The SMILES string of the molecule is c1ccc(COc2ccccc2OCCOCCNC2CCCC2)cc1. The van der Waals surface area contributed by atoms with Gasteiger partial charge >= 0.3 is 0 Å². The van der Waals surface area contributed by atoms with Crippen LogP contribution >= 0.6 is 0 Å². The van der Waals surface area contributed by atoms with E-state index in [9.17, 15) is 0 Å². The second-order valence-corrected chi connectivity index (χ2v) is 6.62. The second-order valence-electron chi connectivity index (χ2n) is 6.62. The molecule has 0 radical (unpaired) electrons. The summed E-state index contributed by atoms with van der Waals surface area (Å²) in [7, 11) is 0. The fraction of sp³-hybridized carbons (Fsp3) is 0.455. The van der Waals surface area contributed by atoms with Crippen molar-refractivity contribution in [2.45, 2.75) is 38.3 Å². The second kappa shape index (κ2) is 10.8. The first-order valence-electron chi connectivity index (χ1n) is 9.61. The molecule has 3 rings (SSSR count). The maximum Gasteiger partial charge on any atom is 0.161 e. The highest BCUT2D eigenvalue weighted by Gasteiger charge is 2.13. The molecule has 0 atom stereocenters. The van der Waals surface area contributed by atoms with Gasteiger partial charge in [-0.1, -0.05) is 55.3 Å². The normalized spacial score (nSPS) is 14.5. The van der Waals surface area contributed by atoms with Gasteiger partial charge in [0.15, 0.2) is 11.5 Å². The van der Waals surface area contributed by atoms with E-state index in [1.807, 2.05) is 42.5 Å². The quantitative estimate of drug-likeness (QED) is 0.614. The van der Waals surface area contributed by atoms with Gasteiger partial charge in [-0.25, -0.2) is 0 Å². The van der Waals surface area contributed by atoms with Crippen molar-refractivity contribution in [2.24, 2.45) is 0 Å². The Labute approximate surface area is 156 Å². The third-order valence-electron chi connectivity index (χ3n) is 4.61. The minimum atomic E-state index is 0.523. The van der Waals surface area contributed by atoms with Gasteiger partial charge in [-0.05, 0) is 30.5 Å². The zero-order valence-electron chi connectivity index (χ0n) is 15.4. The first-order valence-corrected chi connectivity index (χ1v) is 9.61. The average Bonchev–Trinajstić information content (AvgIpc) is 3.21. The van der Waals surface area contributed by atoms with Crippen molar-refractivity contribution in [2.75, 3.05) is 26.4 Å². The molecule has 140 valence electrons. The third kappa shape index (κ3) is 6.36. The van der Waals surface area contributed by atoms with Crippen LogP contribution in [0.5, 0.6) is 11.5 Å². The fourth-order valence-electron chi connectivity index (χ4n) is 3.20. The van der Waals surface area contributed by atoms with E-state index < -0.39 is 0 Å². The summed E-state index contributed by atoms with van der Waals surface area (Å²) in [4.78, 5) is 0. The van der Waals surface area contributed by atoms with Crippen molar-refractivity contribution >= 4 is 0 Å². The van der Waals surface area contributed by atoms with Crippen LogP contribution < -0.4 is 14.8 Å². The van der Waals surface area contributed by atoms with Gasteiger partial charge < -0.3 is 19.5 Å². The van der Waals surface area contributed by atoms with Crippen LogP contribution in [0.2, 0.25) is 0 Å². The molecule has 2 aromatic carbocycles. The zero-order chi connectivity index (χ0) is 17.9. The molecular formula is C22H29NO3. The summed E-state index contributed by atoms with van der Waals surface area (Å²) in [5.74, 6) is 1.52. The number of para-hydroxylation sites is 2. The van der Waals surface area contributed by atoms with Gasteiger partial charge in [0.05, 0.1) is 13.2 Å². The Balaban J connectivity index is 1.32. The molecule has 1 fully saturated rings. The van der Waals surface area contributed by atoms with E-state index in [1.165, 1.54) is 25.7 Å². The molecule has 0 aromatic heterocycles. The van der Waals surface area contributed by atoms with Crippen LogP contribution in [-0.2, 0) is 11.3 Å². The molecule has 4 heteroatoms. The summed E-state index contributed by atoms with van der Waals surface area (Å²) < 4.78 is 17.4. The van der Waals surface area contributed by atoms with Crippen LogP contribution in [0.1, 0.15) is 31.2 Å². The van der Waals surface area contributed by atoms with Gasteiger partial charge in [0.2, 0.25) is 0 Å². The summed E-state index contributed by atoms with van der Waals surface area (Å²) in [5.41, 5.74) is 1.14. The molecule has 1 aliphatic carbocycles. The van der Waals surface area contributed by atoms with Crippen LogP contribution in [0.3, 0.4) is 0 Å². The van der Waals surface area contributed by atoms with Crippen LogP contribution in [0.4, 0.5) is 0 Å². The topological polar surface area (TPSA) is 39.7 Å². The maximum absolute atomic E-state index is 5.90. The average molecular weight is 355 g/mol. The predicted octanol–water partition coefficient (Wildman–Crippen LogP) is 4.19. The molecule has 1 N–H and O–H groups in total. The third-order valence-corrected chi connectivity index (χ3v) is 4.61. The minimum Gasteiger partial charge on any atom is -0.487 e. The lowest BCUT2D eigenvalue weighted by Gasteiger charge is -2.14. The number of rotatable bonds is 11. The molecule has 4 nitrogen and oxygen atoms in total. The predicted molar refractivity (Wildman–Crippen MR) is 104 cm³/mol. The van der Waals surface area contributed by atoms with Gasteiger partial charge in [0.25, 0.3) is 0 Å². The van der Waals surface area contributed by atoms with Gasteiger partial charge in [-0.15, -0.1) is 0 Å². The van der Waals surface area contributed by atoms with E-state index in [4.69, 9.17) is 14.2 Å². The van der Waals surface area contributed by atoms with Gasteiger partial charge in [-0.3, -0.25) is 0 Å². The van der Waals surface area contributed by atoms with Crippen LogP contribution in [0.25, 0.3) is 0 Å². The highest BCUT2D eigenvalue weighted by Crippen LogP contribution is 2.27. The molecule has 0 unspecified atom stereocenters. The largest absolute Gasteiger partial charge is 0.487 e. The molecule has 0 spiro atoms. The number of hydrogen-bond acceptors (Lipinski definition) is 4. The Hall–Kier alpha value is -2.04. The smallest absolute Gasteiger partial charge is 0.161 e. The summed E-state index contributed by atoms with van der Waals surface area (Å²) >= 11 is 0. The van der Waals surface area contributed by atoms with Crippen LogP contribution in [0.15, 0.2) is 54.6 Å². The van der Waals surface area contributed by atoms with E-state index in [1.54, 1.807) is 0 Å². The summed E-state index contributed by atoms with van der Waals surface area (Å²) in [6.07, 6.45) is 5.34. The zero-order valence-corrected chi connectivity index (χ0v) is 15.4. The Kier molecular flexibility index (Phi) is 7.81. The Bertz CT molecular complexity index is 626. The highest BCUT2D eigenvalue weighted by molar-refractivity contribution is 5.39. The molecular weight excluding hydrogens is 326 g/mol. The van der Waals surface area contributed by atoms with Crippen LogP contribution in [-0.4, -0.2) is 32.4 Å². The van der Waals surface area contributed by atoms with Crippen molar-refractivity contribution in [3.8, 4) is 11.5 Å². The van der Waals surface area contributed by atoms with E-state index >= 15 is 0 Å². The molecule has 0 bridgehead atoms. The van der Waals surface area contributed by atoms with E-state index in [2.05, 4.69) is 17.4 Å². The Morgan fingerprint density at radius 3 is 2.23 bits per heavy atom. The highest BCUT2D eigenvalue weighted by atomic mass is 16.5. The molecule has 0 aliphatic heterocycles. The molecule has 2 aromatic rings. The number of nitrogens with one attached hydrogen (secondary N) is 1. The molecule has 0 amide bonds. The minimum absolute atomic E-state index is 0.523. The fourth-order valence-corrected chi connectivity index (χ4v) is 3.20. The summed E-state index contributed by atoms with van der Waals surface area (Å²) in [6, 6.07) is 18.6. The maximum atomic E-state index is 5.90. The standard InChI is InChI=1S/C22H29NO3/c1-2-8-19(9-3-1)18-26-22-13-7-6-12-21(22)25-17-16-24-15-14-23-20-10-4-5-11-20/h1-3,6-9,12-13,20,23H,4-5,10-11,14-18H2. The van der Waals surface area contributed by atoms with Gasteiger partial charge in [-0.2, -0.15) is 0 Å². The lowest BCUT2D eigenvalue weighted by Crippen LogP contribution is -2.29. The first-order chi connectivity index (χ1) is 12.9. The monoisotopic (exact) mass is 355 g/mol. The van der Waals surface area contributed by atoms with E-state index in [0.717, 1.165) is 30.2 Å². The Morgan fingerprint density at radius 2 is 1.46 bits per heavy atom. The molecule has 0 saturated heterocycles. The van der Waals surface area contributed by atoms with Crippen molar-refractivity contribution < 1.29 is 14.2 Å². The first kappa shape index (κ1) is 18.7. The molecule has 0 heterocycles. The molecule has 1 aliphatic rings. The van der Waals surface area contributed by atoms with E-state index in [-0.39, 0.29) is 0 Å². The molecule has 26 heavy (non-hydrogen) atoms. The number of hydrogen-bond donors (Lipinski definition) is 1. The van der Waals surface area contributed by atoms with Crippen molar-refractivity contribution in [3.63, 3.8) is 0 Å². The van der Waals surface area contributed by atoms with Gasteiger partial charge in [0.1, 0.15) is 13.2 Å². The van der Waals surface area contributed by atoms with Crippen molar-refractivity contribution in [3.05, 3.63) is 60.2 Å². The van der Waals surface area contributed by atoms with Crippen LogP contribution in [0, 0.1) is 0 Å². The Morgan fingerprint density at radius 1 is 0.769 bits per heavy atom. The van der Waals surface area contributed by atoms with Gasteiger partial charge in [0, 0.05) is 12.6 Å². The number of benzene rings is 2. The summed E-state index contributed by atoms with van der Waals surface area (Å²) in [6.45, 7) is 3.28. The summed E-state index contributed by atoms with van der Waals surface area (Å²) in [5, 5.41) is 3.55. The van der Waals surface area contributed by atoms with Crippen molar-refractivity contribution in [1.29, 1.82) is 0 Å². The van der Waals surface area contributed by atoms with Crippen molar-refractivity contribution in [1.82, 2.24) is 5.32 Å². The van der Waals surface area contributed by atoms with E-state index in [0.29, 0.717) is 25.9 Å². The lowest BCUT2D eigenvalue weighted by atomic mass is 10.2. The number of ether oxygens (including phenoxy) is 3.